The summed E-state index contributed by atoms with van der Waals surface area (Å²) in [6.07, 6.45) is 0.191. The monoisotopic (exact) mass is 258 g/mol. The third kappa shape index (κ3) is 3.19. The van der Waals surface area contributed by atoms with Crippen LogP contribution in [0.1, 0.15) is 21.5 Å². The lowest BCUT2D eigenvalue weighted by atomic mass is 9.99. The highest BCUT2D eigenvalue weighted by atomic mass is 19.1. The first-order valence-corrected chi connectivity index (χ1v) is 6.02. The van der Waals surface area contributed by atoms with E-state index in [1.165, 1.54) is 12.1 Å². The molecule has 0 radical (unpaired) electrons. The molecule has 0 aliphatic carbocycles. The number of rotatable bonds is 4. The molecule has 19 heavy (non-hydrogen) atoms. The van der Waals surface area contributed by atoms with Gasteiger partial charge in [0.1, 0.15) is 11.6 Å². The Hall–Kier alpha value is -2.16. The van der Waals surface area contributed by atoms with Crippen LogP contribution in [0, 0.1) is 12.7 Å². The van der Waals surface area contributed by atoms with Crippen molar-refractivity contribution < 1.29 is 13.9 Å². The quantitative estimate of drug-likeness (QED) is 0.784. The topological polar surface area (TPSA) is 26.3 Å². The first-order valence-electron chi connectivity index (χ1n) is 6.02. The zero-order valence-corrected chi connectivity index (χ0v) is 10.9. The van der Waals surface area contributed by atoms with E-state index in [2.05, 4.69) is 0 Å². The number of hydrogen-bond acceptors (Lipinski definition) is 2. The fourth-order valence-electron chi connectivity index (χ4n) is 1.90. The predicted octanol–water partition coefficient (Wildman–Crippen LogP) is 3.57. The van der Waals surface area contributed by atoms with E-state index in [0.717, 1.165) is 5.56 Å². The third-order valence-electron chi connectivity index (χ3n) is 3.05. The number of Topliss-reactive ketones (excluding diaryl/α,β-unsaturated/α-hetero) is 1. The number of aryl methyl sites for hydroxylation is 1. The molecule has 0 N–H and O–H groups in total. The van der Waals surface area contributed by atoms with Gasteiger partial charge in [-0.2, -0.15) is 0 Å². The lowest BCUT2D eigenvalue weighted by Crippen LogP contribution is -2.05. The molecule has 0 heterocycles. The SMILES string of the molecule is COc1cccc(C(=O)Cc2cc(F)ccc2C)c1. The summed E-state index contributed by atoms with van der Waals surface area (Å²) in [4.78, 5) is 12.2. The molecule has 0 bridgehead atoms. The second-order valence-electron chi connectivity index (χ2n) is 4.40. The maximum atomic E-state index is 13.2. The fourth-order valence-corrected chi connectivity index (χ4v) is 1.90. The van der Waals surface area contributed by atoms with Crippen molar-refractivity contribution in [3.63, 3.8) is 0 Å². The van der Waals surface area contributed by atoms with E-state index >= 15 is 0 Å². The highest BCUT2D eigenvalue weighted by Gasteiger charge is 2.10. The molecule has 0 fully saturated rings. The van der Waals surface area contributed by atoms with Gasteiger partial charge in [-0.1, -0.05) is 18.2 Å². The molecule has 0 aliphatic heterocycles. The van der Waals surface area contributed by atoms with E-state index in [1.807, 2.05) is 6.92 Å². The van der Waals surface area contributed by atoms with Gasteiger partial charge in [0.15, 0.2) is 5.78 Å². The van der Waals surface area contributed by atoms with Crippen molar-refractivity contribution in [3.8, 4) is 5.75 Å². The normalized spacial score (nSPS) is 10.3. The van der Waals surface area contributed by atoms with Crippen LogP contribution in [0.5, 0.6) is 5.75 Å². The van der Waals surface area contributed by atoms with Crippen LogP contribution < -0.4 is 4.74 Å². The van der Waals surface area contributed by atoms with Crippen LogP contribution in [0.25, 0.3) is 0 Å². The van der Waals surface area contributed by atoms with Crippen LogP contribution in [0.4, 0.5) is 4.39 Å². The van der Waals surface area contributed by atoms with Crippen LogP contribution >= 0.6 is 0 Å². The molecule has 0 unspecified atom stereocenters. The van der Waals surface area contributed by atoms with Crippen LogP contribution in [0.3, 0.4) is 0 Å². The summed E-state index contributed by atoms with van der Waals surface area (Å²) in [5.74, 6) is 0.272. The number of hydrogen-bond donors (Lipinski definition) is 0. The van der Waals surface area contributed by atoms with Crippen molar-refractivity contribution >= 4 is 5.78 Å². The van der Waals surface area contributed by atoms with Crippen molar-refractivity contribution in [3.05, 3.63) is 65.0 Å². The Morgan fingerprint density at radius 3 is 2.74 bits per heavy atom. The smallest absolute Gasteiger partial charge is 0.167 e. The van der Waals surface area contributed by atoms with Crippen LogP contribution in [-0.4, -0.2) is 12.9 Å². The molecular weight excluding hydrogens is 243 g/mol. The van der Waals surface area contributed by atoms with Gasteiger partial charge in [0.25, 0.3) is 0 Å². The zero-order valence-electron chi connectivity index (χ0n) is 10.9. The molecule has 0 saturated carbocycles. The third-order valence-corrected chi connectivity index (χ3v) is 3.05. The summed E-state index contributed by atoms with van der Waals surface area (Å²) in [6.45, 7) is 1.87. The summed E-state index contributed by atoms with van der Waals surface area (Å²) in [7, 11) is 1.56. The molecule has 2 nitrogen and oxygen atoms in total. The van der Waals surface area contributed by atoms with Crippen molar-refractivity contribution in [2.24, 2.45) is 0 Å². The number of carbonyl (C=O) groups excluding carboxylic acids is 1. The molecule has 0 spiro atoms. The maximum Gasteiger partial charge on any atom is 0.167 e. The Labute approximate surface area is 111 Å². The minimum atomic E-state index is -0.320. The van der Waals surface area contributed by atoms with Crippen molar-refractivity contribution in [1.82, 2.24) is 0 Å². The molecule has 0 aromatic heterocycles. The molecule has 0 amide bonds. The highest BCUT2D eigenvalue weighted by molar-refractivity contribution is 5.98. The first kappa shape index (κ1) is 13.3. The molecule has 0 atom stereocenters. The van der Waals surface area contributed by atoms with Crippen LogP contribution in [-0.2, 0) is 6.42 Å². The molecule has 2 aromatic carbocycles. The summed E-state index contributed by atoms with van der Waals surface area (Å²) in [6, 6.07) is 11.5. The Morgan fingerprint density at radius 1 is 1.21 bits per heavy atom. The lowest BCUT2D eigenvalue weighted by molar-refractivity contribution is 0.0992. The summed E-state index contributed by atoms with van der Waals surface area (Å²) >= 11 is 0. The van der Waals surface area contributed by atoms with Gasteiger partial charge in [-0.15, -0.1) is 0 Å². The van der Waals surface area contributed by atoms with Crippen molar-refractivity contribution in [2.75, 3.05) is 7.11 Å². The Morgan fingerprint density at radius 2 is 2.00 bits per heavy atom. The van der Waals surface area contributed by atoms with E-state index in [9.17, 15) is 9.18 Å². The standard InChI is InChI=1S/C16H15FO2/c1-11-6-7-14(17)8-13(11)10-16(18)12-4-3-5-15(9-12)19-2/h3-9H,10H2,1-2H3. The molecule has 98 valence electrons. The van der Waals surface area contributed by atoms with Gasteiger partial charge < -0.3 is 4.74 Å². The molecule has 2 rings (SSSR count). The number of halogens is 1. The minimum absolute atomic E-state index is 0.0485. The number of ether oxygens (including phenoxy) is 1. The van der Waals surface area contributed by atoms with Crippen LogP contribution in [0.15, 0.2) is 42.5 Å². The predicted molar refractivity (Wildman–Crippen MR) is 72.2 cm³/mol. The van der Waals surface area contributed by atoms with Gasteiger partial charge in [-0.05, 0) is 42.3 Å². The number of carbonyl (C=O) groups is 1. The van der Waals surface area contributed by atoms with E-state index < -0.39 is 0 Å². The molecule has 3 heteroatoms. The zero-order chi connectivity index (χ0) is 13.8. The van der Waals surface area contributed by atoms with Crippen molar-refractivity contribution in [1.29, 1.82) is 0 Å². The molecule has 0 aliphatic rings. The van der Waals surface area contributed by atoms with Gasteiger partial charge in [-0.25, -0.2) is 4.39 Å². The Bertz CT molecular complexity index is 605. The van der Waals surface area contributed by atoms with Crippen molar-refractivity contribution in [2.45, 2.75) is 13.3 Å². The second kappa shape index (κ2) is 5.65. The highest BCUT2D eigenvalue weighted by Crippen LogP contribution is 2.17. The summed E-state index contributed by atoms with van der Waals surface area (Å²) < 4.78 is 18.3. The second-order valence-corrected chi connectivity index (χ2v) is 4.40. The van der Waals surface area contributed by atoms with Gasteiger partial charge in [0.2, 0.25) is 0 Å². The average molecular weight is 258 g/mol. The fraction of sp³-hybridized carbons (Fsp3) is 0.188. The molecule has 0 saturated heterocycles. The van der Waals surface area contributed by atoms with Gasteiger partial charge >= 0.3 is 0 Å². The average Bonchev–Trinajstić information content (AvgIpc) is 2.43. The van der Waals surface area contributed by atoms with Gasteiger partial charge in [0.05, 0.1) is 7.11 Å². The largest absolute Gasteiger partial charge is 0.497 e. The Balaban J connectivity index is 2.22. The van der Waals surface area contributed by atoms with E-state index in [4.69, 9.17) is 4.74 Å². The number of ketones is 1. The number of benzene rings is 2. The Kier molecular flexibility index (Phi) is 3.95. The van der Waals surface area contributed by atoms with E-state index in [0.29, 0.717) is 16.9 Å². The summed E-state index contributed by atoms with van der Waals surface area (Å²) in [5, 5.41) is 0. The minimum Gasteiger partial charge on any atom is -0.497 e. The van der Waals surface area contributed by atoms with Gasteiger partial charge in [-0.3, -0.25) is 4.79 Å². The molecule has 2 aromatic rings. The van der Waals surface area contributed by atoms with Gasteiger partial charge in [0, 0.05) is 12.0 Å². The lowest BCUT2D eigenvalue weighted by Gasteiger charge is -2.07. The van der Waals surface area contributed by atoms with Crippen LogP contribution in [0.2, 0.25) is 0 Å². The summed E-state index contributed by atoms with van der Waals surface area (Å²) in [5.41, 5.74) is 2.20. The van der Waals surface area contributed by atoms with E-state index in [1.54, 1.807) is 37.4 Å². The van der Waals surface area contributed by atoms with E-state index in [-0.39, 0.29) is 18.0 Å². The first-order chi connectivity index (χ1) is 9.10. The maximum absolute atomic E-state index is 13.2. The number of methoxy groups -OCH3 is 1. The molecular formula is C16H15FO2.